The number of benzene rings is 1. The Hall–Kier alpha value is -3.12. The average Bonchev–Trinajstić information content (AvgIpc) is 2.63. The number of nitrogens with one attached hydrogen (secondary N) is 1. The molecule has 0 unspecified atom stereocenters. The standard InChI is InChI=1S/C17H12N6.ClH/c1-2-6-14-13(5-1)17(22-15-7-9-19-11-20-15)23-16(21-14)12-4-3-8-18-10-12;/h1-11H,(H,19,20,21,22,23);1H. The Labute approximate surface area is 144 Å². The molecule has 3 aromatic heterocycles. The van der Waals surface area contributed by atoms with E-state index in [2.05, 4.69) is 30.2 Å². The van der Waals surface area contributed by atoms with Gasteiger partial charge in [-0.1, -0.05) is 12.1 Å². The molecule has 0 radical (unpaired) electrons. The van der Waals surface area contributed by atoms with Crippen molar-refractivity contribution in [1.29, 1.82) is 0 Å². The summed E-state index contributed by atoms with van der Waals surface area (Å²) < 4.78 is 0. The molecule has 3 heterocycles. The van der Waals surface area contributed by atoms with Gasteiger partial charge in [-0.25, -0.2) is 19.9 Å². The van der Waals surface area contributed by atoms with Gasteiger partial charge in [0, 0.05) is 29.5 Å². The van der Waals surface area contributed by atoms with Gasteiger partial charge in [-0.05, 0) is 30.3 Å². The predicted molar refractivity (Wildman–Crippen MR) is 95.3 cm³/mol. The van der Waals surface area contributed by atoms with E-state index in [0.717, 1.165) is 16.5 Å². The Bertz CT molecular complexity index is 947. The van der Waals surface area contributed by atoms with E-state index in [1.54, 1.807) is 24.7 Å². The summed E-state index contributed by atoms with van der Waals surface area (Å²) in [7, 11) is 0. The molecule has 0 aliphatic carbocycles. The number of para-hydroxylation sites is 1. The van der Waals surface area contributed by atoms with Gasteiger partial charge in [0.2, 0.25) is 0 Å². The van der Waals surface area contributed by atoms with Crippen LogP contribution in [0.5, 0.6) is 0 Å². The van der Waals surface area contributed by atoms with Crippen LogP contribution < -0.4 is 5.32 Å². The second kappa shape index (κ2) is 6.97. The van der Waals surface area contributed by atoms with Crippen LogP contribution in [0.25, 0.3) is 22.3 Å². The molecule has 0 aliphatic heterocycles. The van der Waals surface area contributed by atoms with Gasteiger partial charge >= 0.3 is 0 Å². The Balaban J connectivity index is 0.00000169. The summed E-state index contributed by atoms with van der Waals surface area (Å²) in [5.74, 6) is 2.00. The molecule has 4 aromatic rings. The number of hydrogen-bond donors (Lipinski definition) is 1. The van der Waals surface area contributed by atoms with E-state index in [-0.39, 0.29) is 12.4 Å². The number of anilines is 2. The molecule has 4 rings (SSSR count). The number of pyridine rings is 1. The van der Waals surface area contributed by atoms with Gasteiger partial charge in [0.25, 0.3) is 0 Å². The molecule has 118 valence electrons. The third kappa shape index (κ3) is 3.13. The van der Waals surface area contributed by atoms with Crippen LogP contribution in [-0.4, -0.2) is 24.9 Å². The minimum absolute atomic E-state index is 0. The molecule has 0 aliphatic rings. The van der Waals surface area contributed by atoms with Gasteiger partial charge in [-0.2, -0.15) is 0 Å². The molecule has 0 saturated carbocycles. The first kappa shape index (κ1) is 15.8. The maximum Gasteiger partial charge on any atom is 0.163 e. The second-order valence-corrected chi connectivity index (χ2v) is 4.87. The molecule has 24 heavy (non-hydrogen) atoms. The van der Waals surface area contributed by atoms with E-state index < -0.39 is 0 Å². The highest BCUT2D eigenvalue weighted by Crippen LogP contribution is 2.26. The van der Waals surface area contributed by atoms with Crippen molar-refractivity contribution in [2.24, 2.45) is 0 Å². The third-order valence-corrected chi connectivity index (χ3v) is 3.35. The van der Waals surface area contributed by atoms with Crippen molar-refractivity contribution in [1.82, 2.24) is 24.9 Å². The number of hydrogen-bond acceptors (Lipinski definition) is 6. The molecule has 7 heteroatoms. The summed E-state index contributed by atoms with van der Waals surface area (Å²) in [6.07, 6.45) is 6.65. The predicted octanol–water partition coefficient (Wildman–Crippen LogP) is 3.65. The summed E-state index contributed by atoms with van der Waals surface area (Å²) >= 11 is 0. The average molecular weight is 337 g/mol. The first-order valence-corrected chi connectivity index (χ1v) is 7.10. The van der Waals surface area contributed by atoms with E-state index >= 15 is 0 Å². The molecule has 0 saturated heterocycles. The molecule has 0 atom stereocenters. The Kier molecular flexibility index (Phi) is 4.58. The lowest BCUT2D eigenvalue weighted by molar-refractivity contribution is 1.15. The minimum Gasteiger partial charge on any atom is -0.324 e. The fraction of sp³-hybridized carbons (Fsp3) is 0. The summed E-state index contributed by atoms with van der Waals surface area (Å²) in [5.41, 5.74) is 1.72. The number of aromatic nitrogens is 5. The van der Waals surface area contributed by atoms with Gasteiger partial charge in [0.15, 0.2) is 5.82 Å². The molecule has 0 amide bonds. The SMILES string of the molecule is Cl.c1cncc(-c2nc(Nc3ccncn3)c3ccccc3n2)c1. The van der Waals surface area contributed by atoms with Crippen molar-refractivity contribution in [3.63, 3.8) is 0 Å². The molecule has 1 N–H and O–H groups in total. The Morgan fingerprint density at radius 1 is 0.833 bits per heavy atom. The quantitative estimate of drug-likeness (QED) is 0.615. The zero-order valence-electron chi connectivity index (χ0n) is 12.5. The monoisotopic (exact) mass is 336 g/mol. The van der Waals surface area contributed by atoms with E-state index in [0.29, 0.717) is 17.5 Å². The van der Waals surface area contributed by atoms with Crippen LogP contribution >= 0.6 is 12.4 Å². The third-order valence-electron chi connectivity index (χ3n) is 3.35. The highest BCUT2D eigenvalue weighted by Gasteiger charge is 2.09. The number of nitrogens with zero attached hydrogens (tertiary/aromatic N) is 5. The number of halogens is 1. The van der Waals surface area contributed by atoms with Crippen molar-refractivity contribution < 1.29 is 0 Å². The van der Waals surface area contributed by atoms with Crippen molar-refractivity contribution in [2.75, 3.05) is 5.32 Å². The summed E-state index contributed by atoms with van der Waals surface area (Å²) in [4.78, 5) is 21.5. The largest absolute Gasteiger partial charge is 0.324 e. The highest BCUT2D eigenvalue weighted by atomic mass is 35.5. The maximum atomic E-state index is 4.64. The highest BCUT2D eigenvalue weighted by molar-refractivity contribution is 5.91. The van der Waals surface area contributed by atoms with Gasteiger partial charge in [0.1, 0.15) is 18.0 Å². The van der Waals surface area contributed by atoms with Crippen LogP contribution in [0.1, 0.15) is 0 Å². The lowest BCUT2D eigenvalue weighted by Crippen LogP contribution is -2.00. The lowest BCUT2D eigenvalue weighted by Gasteiger charge is -2.10. The second-order valence-electron chi connectivity index (χ2n) is 4.87. The van der Waals surface area contributed by atoms with Crippen LogP contribution in [0, 0.1) is 0 Å². The fourth-order valence-corrected chi connectivity index (χ4v) is 2.28. The molecule has 0 fully saturated rings. The first-order chi connectivity index (χ1) is 11.4. The normalized spacial score (nSPS) is 10.2. The summed E-state index contributed by atoms with van der Waals surface area (Å²) in [6.45, 7) is 0. The van der Waals surface area contributed by atoms with Crippen LogP contribution in [0.4, 0.5) is 11.6 Å². The molecule has 1 aromatic carbocycles. The van der Waals surface area contributed by atoms with Gasteiger partial charge in [-0.3, -0.25) is 4.98 Å². The topological polar surface area (TPSA) is 76.5 Å². The van der Waals surface area contributed by atoms with E-state index in [1.807, 2.05) is 36.4 Å². The molecular weight excluding hydrogens is 324 g/mol. The first-order valence-electron chi connectivity index (χ1n) is 7.10. The molecular formula is C17H13ClN6. The van der Waals surface area contributed by atoms with Crippen LogP contribution in [0.3, 0.4) is 0 Å². The summed E-state index contributed by atoms with van der Waals surface area (Å²) in [6, 6.07) is 13.4. The van der Waals surface area contributed by atoms with Crippen LogP contribution in [0.15, 0.2) is 67.4 Å². The zero-order valence-corrected chi connectivity index (χ0v) is 13.3. The fourth-order valence-electron chi connectivity index (χ4n) is 2.28. The maximum absolute atomic E-state index is 4.64. The molecule has 0 spiro atoms. The van der Waals surface area contributed by atoms with E-state index in [4.69, 9.17) is 0 Å². The van der Waals surface area contributed by atoms with Crippen molar-refractivity contribution in [2.45, 2.75) is 0 Å². The van der Waals surface area contributed by atoms with Gasteiger partial charge in [0.05, 0.1) is 5.52 Å². The van der Waals surface area contributed by atoms with Crippen molar-refractivity contribution in [3.8, 4) is 11.4 Å². The number of fused-ring (bicyclic) bond motifs is 1. The zero-order chi connectivity index (χ0) is 15.5. The van der Waals surface area contributed by atoms with E-state index in [1.165, 1.54) is 6.33 Å². The Morgan fingerprint density at radius 3 is 2.54 bits per heavy atom. The Morgan fingerprint density at radius 2 is 1.75 bits per heavy atom. The van der Waals surface area contributed by atoms with Gasteiger partial charge < -0.3 is 5.32 Å². The van der Waals surface area contributed by atoms with Crippen LogP contribution in [-0.2, 0) is 0 Å². The van der Waals surface area contributed by atoms with Gasteiger partial charge in [-0.15, -0.1) is 12.4 Å². The van der Waals surface area contributed by atoms with Crippen LogP contribution in [0.2, 0.25) is 0 Å². The lowest BCUT2D eigenvalue weighted by atomic mass is 10.2. The van der Waals surface area contributed by atoms with E-state index in [9.17, 15) is 0 Å². The van der Waals surface area contributed by atoms with Crippen molar-refractivity contribution in [3.05, 3.63) is 67.4 Å². The van der Waals surface area contributed by atoms with Crippen molar-refractivity contribution >= 4 is 34.9 Å². The number of rotatable bonds is 3. The minimum atomic E-state index is 0. The molecule has 0 bridgehead atoms. The molecule has 6 nitrogen and oxygen atoms in total. The summed E-state index contributed by atoms with van der Waals surface area (Å²) in [5, 5.41) is 4.16. The smallest absolute Gasteiger partial charge is 0.163 e.